The lowest BCUT2D eigenvalue weighted by atomic mass is 10.2. The maximum Gasteiger partial charge on any atom is 0.413 e. The zero-order valence-corrected chi connectivity index (χ0v) is 13.7. The molecule has 0 unspecified atom stereocenters. The minimum Gasteiger partial charge on any atom is -0.444 e. The van der Waals surface area contributed by atoms with E-state index in [-0.39, 0.29) is 0 Å². The molecule has 6 nitrogen and oxygen atoms in total. The first kappa shape index (κ1) is 16.0. The molecule has 2 rings (SSSR count). The Balaban J connectivity index is 2.28. The summed E-state index contributed by atoms with van der Waals surface area (Å²) in [7, 11) is 0. The molecule has 22 heavy (non-hydrogen) atoms. The second-order valence-corrected chi connectivity index (χ2v) is 6.04. The Labute approximate surface area is 130 Å². The summed E-state index contributed by atoms with van der Waals surface area (Å²) >= 11 is 0. The number of carbonyl (C=O) groups excluding carboxylic acids is 1. The van der Waals surface area contributed by atoms with Gasteiger partial charge < -0.3 is 9.72 Å². The number of anilines is 1. The van der Waals surface area contributed by atoms with Crippen LogP contribution in [-0.4, -0.2) is 26.6 Å². The number of amides is 1. The first-order valence-corrected chi connectivity index (χ1v) is 7.31. The molecule has 0 radical (unpaired) electrons. The number of carbonyl (C=O) groups is 1. The van der Waals surface area contributed by atoms with Gasteiger partial charge in [0.2, 0.25) is 0 Å². The van der Waals surface area contributed by atoms with Gasteiger partial charge >= 0.3 is 6.09 Å². The Morgan fingerprint density at radius 1 is 1.41 bits per heavy atom. The fourth-order valence-corrected chi connectivity index (χ4v) is 2.06. The maximum atomic E-state index is 11.9. The number of nitrogens with one attached hydrogen (secondary N) is 2. The highest BCUT2D eigenvalue weighted by atomic mass is 16.6. The number of nitrogens with zero attached hydrogens (tertiary/aromatic N) is 2. The van der Waals surface area contributed by atoms with Gasteiger partial charge in [-0.2, -0.15) is 0 Å². The number of ether oxygens (including phenoxy) is 1. The third-order valence-corrected chi connectivity index (χ3v) is 3.00. The molecule has 6 heteroatoms. The molecule has 0 atom stereocenters. The van der Waals surface area contributed by atoms with Gasteiger partial charge in [-0.1, -0.05) is 6.92 Å². The van der Waals surface area contributed by atoms with Crippen molar-refractivity contribution in [2.24, 2.45) is 0 Å². The summed E-state index contributed by atoms with van der Waals surface area (Å²) in [6.45, 7) is 9.47. The maximum absolute atomic E-state index is 11.9. The Morgan fingerprint density at radius 3 is 2.73 bits per heavy atom. The summed E-state index contributed by atoms with van der Waals surface area (Å²) < 4.78 is 5.26. The number of imidazole rings is 1. The molecule has 0 saturated heterocycles. The average molecular weight is 302 g/mol. The molecule has 118 valence electrons. The van der Waals surface area contributed by atoms with Crippen LogP contribution < -0.4 is 5.32 Å². The highest BCUT2D eigenvalue weighted by Gasteiger charge is 2.19. The molecule has 0 spiro atoms. The van der Waals surface area contributed by atoms with E-state index in [1.54, 1.807) is 12.3 Å². The molecule has 0 aliphatic carbocycles. The van der Waals surface area contributed by atoms with Crippen LogP contribution in [0.15, 0.2) is 18.3 Å². The summed E-state index contributed by atoms with van der Waals surface area (Å²) in [6, 6.07) is 3.66. The highest BCUT2D eigenvalue weighted by molar-refractivity contribution is 5.88. The number of aryl methyl sites for hydroxylation is 2. The van der Waals surface area contributed by atoms with Gasteiger partial charge in [0.15, 0.2) is 0 Å². The molecule has 0 aromatic carbocycles. The second kappa shape index (κ2) is 6.17. The van der Waals surface area contributed by atoms with Crippen LogP contribution in [0.25, 0.3) is 11.4 Å². The Kier molecular flexibility index (Phi) is 4.49. The lowest BCUT2D eigenvalue weighted by Crippen LogP contribution is -2.27. The fourth-order valence-electron chi connectivity index (χ4n) is 2.06. The van der Waals surface area contributed by atoms with Crippen molar-refractivity contribution in [1.82, 2.24) is 15.0 Å². The van der Waals surface area contributed by atoms with E-state index < -0.39 is 11.7 Å². The normalized spacial score (nSPS) is 11.3. The third-order valence-electron chi connectivity index (χ3n) is 3.00. The quantitative estimate of drug-likeness (QED) is 0.906. The van der Waals surface area contributed by atoms with Gasteiger partial charge in [0.05, 0.1) is 11.3 Å². The average Bonchev–Trinajstić information content (AvgIpc) is 2.78. The highest BCUT2D eigenvalue weighted by Crippen LogP contribution is 2.25. The van der Waals surface area contributed by atoms with Crippen molar-refractivity contribution in [1.29, 1.82) is 0 Å². The van der Waals surface area contributed by atoms with Crippen molar-refractivity contribution in [3.63, 3.8) is 0 Å². The van der Waals surface area contributed by atoms with E-state index in [9.17, 15) is 4.79 Å². The van der Waals surface area contributed by atoms with Crippen LogP contribution >= 0.6 is 0 Å². The van der Waals surface area contributed by atoms with Crippen LogP contribution in [0, 0.1) is 6.92 Å². The minimum atomic E-state index is -0.560. The monoisotopic (exact) mass is 302 g/mol. The van der Waals surface area contributed by atoms with E-state index in [4.69, 9.17) is 4.74 Å². The van der Waals surface area contributed by atoms with Crippen LogP contribution in [0.4, 0.5) is 10.6 Å². The second-order valence-electron chi connectivity index (χ2n) is 6.04. The Morgan fingerprint density at radius 2 is 2.14 bits per heavy atom. The fraction of sp³-hybridized carbons (Fsp3) is 0.438. The molecule has 0 fully saturated rings. The van der Waals surface area contributed by atoms with Gasteiger partial charge in [-0.05, 0) is 46.2 Å². The molecule has 2 aromatic heterocycles. The summed E-state index contributed by atoms with van der Waals surface area (Å²) in [5.74, 6) is 1.11. The topological polar surface area (TPSA) is 79.9 Å². The number of pyridine rings is 1. The number of hydrogen-bond donors (Lipinski definition) is 2. The number of hydrogen-bond acceptors (Lipinski definition) is 4. The Hall–Kier alpha value is -2.37. The van der Waals surface area contributed by atoms with E-state index in [1.807, 2.05) is 33.8 Å². The SMILES string of the molecule is CCc1nc(-c2cccnc2NC(=O)OC(C)(C)C)[nH]c1C. The molecule has 0 saturated carbocycles. The van der Waals surface area contributed by atoms with E-state index in [2.05, 4.69) is 27.2 Å². The minimum absolute atomic E-state index is 0.424. The number of H-pyrrole nitrogens is 1. The summed E-state index contributed by atoms with van der Waals surface area (Å²) in [5.41, 5.74) is 2.19. The summed E-state index contributed by atoms with van der Waals surface area (Å²) in [5, 5.41) is 2.68. The number of aromatic nitrogens is 3. The molecule has 2 heterocycles. The summed E-state index contributed by atoms with van der Waals surface area (Å²) in [6.07, 6.45) is 1.93. The van der Waals surface area contributed by atoms with Crippen molar-refractivity contribution >= 4 is 11.9 Å². The largest absolute Gasteiger partial charge is 0.444 e. The van der Waals surface area contributed by atoms with Gasteiger partial charge in [-0.15, -0.1) is 0 Å². The van der Waals surface area contributed by atoms with E-state index in [0.29, 0.717) is 11.6 Å². The van der Waals surface area contributed by atoms with Crippen molar-refractivity contribution in [3.05, 3.63) is 29.7 Å². The van der Waals surface area contributed by atoms with E-state index >= 15 is 0 Å². The van der Waals surface area contributed by atoms with Crippen LogP contribution in [-0.2, 0) is 11.2 Å². The van der Waals surface area contributed by atoms with Crippen LogP contribution in [0.5, 0.6) is 0 Å². The molecular formula is C16H22N4O2. The molecular weight excluding hydrogens is 280 g/mol. The predicted molar refractivity (Wildman–Crippen MR) is 85.8 cm³/mol. The number of aromatic amines is 1. The van der Waals surface area contributed by atoms with E-state index in [0.717, 1.165) is 23.4 Å². The van der Waals surface area contributed by atoms with Crippen molar-refractivity contribution < 1.29 is 9.53 Å². The van der Waals surface area contributed by atoms with E-state index in [1.165, 1.54) is 0 Å². The van der Waals surface area contributed by atoms with Gasteiger partial charge in [0.25, 0.3) is 0 Å². The van der Waals surface area contributed by atoms with Gasteiger partial charge in [-0.3, -0.25) is 5.32 Å². The number of rotatable bonds is 3. The van der Waals surface area contributed by atoms with Crippen molar-refractivity contribution in [2.45, 2.75) is 46.6 Å². The lowest BCUT2D eigenvalue weighted by Gasteiger charge is -2.19. The zero-order valence-electron chi connectivity index (χ0n) is 13.7. The summed E-state index contributed by atoms with van der Waals surface area (Å²) in [4.78, 5) is 23.9. The molecule has 0 aliphatic heterocycles. The molecule has 1 amide bonds. The standard InChI is InChI=1S/C16H22N4O2/c1-6-12-10(2)18-14(19-12)11-8-7-9-17-13(11)20-15(21)22-16(3,4)5/h7-9H,6H2,1-5H3,(H,18,19)(H,17,20,21). The van der Waals surface area contributed by atoms with Crippen molar-refractivity contribution in [3.8, 4) is 11.4 Å². The molecule has 2 aromatic rings. The first-order valence-electron chi connectivity index (χ1n) is 7.31. The van der Waals surface area contributed by atoms with Crippen LogP contribution in [0.3, 0.4) is 0 Å². The van der Waals surface area contributed by atoms with Gasteiger partial charge in [0.1, 0.15) is 17.2 Å². The lowest BCUT2D eigenvalue weighted by molar-refractivity contribution is 0.0635. The van der Waals surface area contributed by atoms with Crippen LogP contribution in [0.1, 0.15) is 39.1 Å². The van der Waals surface area contributed by atoms with Crippen molar-refractivity contribution in [2.75, 3.05) is 5.32 Å². The van der Waals surface area contributed by atoms with Crippen LogP contribution in [0.2, 0.25) is 0 Å². The smallest absolute Gasteiger partial charge is 0.413 e. The first-order chi connectivity index (χ1) is 10.3. The van der Waals surface area contributed by atoms with Gasteiger partial charge in [0, 0.05) is 11.9 Å². The third kappa shape index (κ3) is 3.84. The van der Waals surface area contributed by atoms with Gasteiger partial charge in [-0.25, -0.2) is 14.8 Å². The predicted octanol–water partition coefficient (Wildman–Crippen LogP) is 3.69. The zero-order chi connectivity index (χ0) is 16.3. The Bertz CT molecular complexity index is 671. The molecule has 2 N–H and O–H groups in total. The molecule has 0 bridgehead atoms. The molecule has 0 aliphatic rings.